The van der Waals surface area contributed by atoms with E-state index in [0.29, 0.717) is 78.2 Å². The standard InChI is InChI=1S/C49H60Cl2N8O9S/c1-27(2)43(41-22-28(3)57-68-41)48(63)58-26-36(60)24-39(58)47(62)53-30(5)37-13-12-35(51)23-40(37)67-21-20-66-19-18-65-17-16-64-15-14-52-42(61)25-38-46-56-55-32(7)59(46)49-44(29(4)31(6)69-49)45(54-38)33-8-10-34(50)11-9-33/h8-13,22-23,27,30,36,38-39,43,60H,14-21,24-26H2,1-7H3,(H,52,61)(H,53,62)/t30-,36+,38-,39-,43+/m0/s1. The molecule has 3 amide bonds. The lowest BCUT2D eigenvalue weighted by Crippen LogP contribution is -2.48. The van der Waals surface area contributed by atoms with Crippen LogP contribution in [0.3, 0.4) is 0 Å². The summed E-state index contributed by atoms with van der Waals surface area (Å²) < 4.78 is 30.6. The number of aromatic nitrogens is 4. The minimum Gasteiger partial charge on any atom is -0.491 e. The number of rotatable bonds is 22. The number of amides is 3. The van der Waals surface area contributed by atoms with E-state index in [1.54, 1.807) is 42.5 Å². The van der Waals surface area contributed by atoms with Gasteiger partial charge in [0, 0.05) is 57.2 Å². The Morgan fingerprint density at radius 3 is 2.26 bits per heavy atom. The van der Waals surface area contributed by atoms with E-state index in [0.717, 1.165) is 33.2 Å². The largest absolute Gasteiger partial charge is 0.491 e. The van der Waals surface area contributed by atoms with Crippen LogP contribution in [0.25, 0.3) is 5.00 Å². The summed E-state index contributed by atoms with van der Waals surface area (Å²) in [5.41, 5.74) is 5.16. The fraction of sp³-hybridized carbons (Fsp3) is 0.490. The molecule has 0 saturated carbocycles. The highest BCUT2D eigenvalue weighted by Crippen LogP contribution is 2.40. The van der Waals surface area contributed by atoms with Gasteiger partial charge in [-0.2, -0.15) is 0 Å². The molecule has 69 heavy (non-hydrogen) atoms. The molecule has 3 N–H and O–H groups in total. The SMILES string of the molecule is Cc1cc([C@H](C(=O)N2C[C@H](O)C[C@H]2C(=O)N[C@@H](C)c2ccc(Cl)cc2OCCOCCOCCOCCNC(=O)C[C@@H]2N=C(c3ccc(Cl)cc3)c3c(sc(C)c3C)-n3c(C)nnc32)C(C)C)on1. The van der Waals surface area contributed by atoms with E-state index in [9.17, 15) is 19.5 Å². The van der Waals surface area contributed by atoms with Gasteiger partial charge in [0.15, 0.2) is 5.82 Å². The molecule has 0 aliphatic carbocycles. The molecule has 2 aliphatic rings. The Labute approximate surface area is 415 Å². The zero-order chi connectivity index (χ0) is 49.4. The Morgan fingerprint density at radius 2 is 1.58 bits per heavy atom. The average Bonchev–Trinajstić information content (AvgIpc) is 4.07. The van der Waals surface area contributed by atoms with Crippen molar-refractivity contribution in [1.82, 2.24) is 35.5 Å². The third-order valence-corrected chi connectivity index (χ3v) is 13.8. The molecule has 1 fully saturated rings. The lowest BCUT2D eigenvalue weighted by atomic mass is 9.91. The Kier molecular flexibility index (Phi) is 17.7. The topological polar surface area (TPSA) is 205 Å². The Bertz CT molecular complexity index is 2610. The molecule has 0 spiro atoms. The highest BCUT2D eigenvalue weighted by molar-refractivity contribution is 7.15. The average molecular weight is 1010 g/mol. The van der Waals surface area contributed by atoms with Crippen LogP contribution in [0.2, 0.25) is 10.0 Å². The highest BCUT2D eigenvalue weighted by atomic mass is 35.5. The number of fused-ring (bicyclic) bond motifs is 3. The van der Waals surface area contributed by atoms with Crippen LogP contribution in [0.5, 0.6) is 5.75 Å². The van der Waals surface area contributed by atoms with E-state index >= 15 is 0 Å². The number of hydrogen-bond donors (Lipinski definition) is 3. The second-order valence-corrected chi connectivity index (χ2v) is 19.6. The number of benzene rings is 2. The first-order valence-electron chi connectivity index (χ1n) is 23.1. The maximum Gasteiger partial charge on any atom is 0.243 e. The van der Waals surface area contributed by atoms with Crippen LogP contribution in [0.15, 0.2) is 58.0 Å². The number of aliphatic imine (C=N–C) groups is 1. The van der Waals surface area contributed by atoms with Gasteiger partial charge < -0.3 is 44.1 Å². The first kappa shape index (κ1) is 51.6. The van der Waals surface area contributed by atoms with Gasteiger partial charge in [0.2, 0.25) is 17.7 Å². The molecule has 5 heterocycles. The quantitative estimate of drug-likeness (QED) is 0.0602. The van der Waals surface area contributed by atoms with Gasteiger partial charge in [0.1, 0.15) is 46.9 Å². The molecule has 5 aromatic rings. The number of likely N-dealkylation sites (tertiary alicyclic amines) is 1. The van der Waals surface area contributed by atoms with Gasteiger partial charge in [-0.05, 0) is 70.4 Å². The van der Waals surface area contributed by atoms with Gasteiger partial charge in [0.05, 0.1) is 69.6 Å². The smallest absolute Gasteiger partial charge is 0.243 e. The van der Waals surface area contributed by atoms with E-state index in [2.05, 4.69) is 39.8 Å². The molecule has 20 heteroatoms. The third-order valence-electron chi connectivity index (χ3n) is 12.1. The van der Waals surface area contributed by atoms with Crippen LogP contribution in [-0.2, 0) is 28.6 Å². The summed E-state index contributed by atoms with van der Waals surface area (Å²) in [5.74, 6) is 0.588. The summed E-state index contributed by atoms with van der Waals surface area (Å²) in [6, 6.07) is 12.5. The Morgan fingerprint density at radius 1 is 0.899 bits per heavy atom. The van der Waals surface area contributed by atoms with Crippen molar-refractivity contribution in [2.75, 3.05) is 59.3 Å². The normalized spacial score (nSPS) is 17.5. The number of aliphatic hydroxyl groups excluding tert-OH is 1. The van der Waals surface area contributed by atoms with Crippen molar-refractivity contribution in [3.63, 3.8) is 0 Å². The summed E-state index contributed by atoms with van der Waals surface area (Å²) in [6.07, 6.45) is -0.657. The number of ether oxygens (including phenoxy) is 4. The number of thiophene rings is 1. The molecule has 1 saturated heterocycles. The van der Waals surface area contributed by atoms with Gasteiger partial charge in [-0.15, -0.1) is 21.5 Å². The lowest BCUT2D eigenvalue weighted by Gasteiger charge is -2.29. The number of aliphatic hydroxyl groups is 1. The van der Waals surface area contributed by atoms with Crippen LogP contribution >= 0.6 is 34.5 Å². The molecular weight excluding hydrogens is 948 g/mol. The van der Waals surface area contributed by atoms with Crippen LogP contribution in [0.1, 0.15) is 102 Å². The number of carbonyl (C=O) groups is 3. The minimum absolute atomic E-state index is 0.0357. The third kappa shape index (κ3) is 12.6. The number of hydrogen-bond acceptors (Lipinski definition) is 14. The van der Waals surface area contributed by atoms with Crippen molar-refractivity contribution in [1.29, 1.82) is 0 Å². The maximum absolute atomic E-state index is 13.8. The highest BCUT2D eigenvalue weighted by Gasteiger charge is 2.43. The van der Waals surface area contributed by atoms with Crippen LogP contribution < -0.4 is 15.4 Å². The second kappa shape index (κ2) is 23.6. The number of aryl methyl sites for hydroxylation is 3. The molecule has 17 nitrogen and oxygen atoms in total. The van der Waals surface area contributed by atoms with Gasteiger partial charge in [-0.1, -0.05) is 60.4 Å². The Balaban J connectivity index is 0.797. The fourth-order valence-corrected chi connectivity index (χ4v) is 10.0. The monoisotopic (exact) mass is 1010 g/mol. The van der Waals surface area contributed by atoms with Gasteiger partial charge in [-0.3, -0.25) is 23.9 Å². The van der Waals surface area contributed by atoms with Crippen molar-refractivity contribution >= 4 is 58.0 Å². The Hall–Kier alpha value is -5.21. The van der Waals surface area contributed by atoms with Gasteiger partial charge in [0.25, 0.3) is 0 Å². The molecule has 370 valence electrons. The number of carbonyl (C=O) groups excluding carboxylic acids is 3. The van der Waals surface area contributed by atoms with E-state index in [1.165, 1.54) is 9.78 Å². The van der Waals surface area contributed by atoms with Crippen LogP contribution in [0.4, 0.5) is 0 Å². The minimum atomic E-state index is -0.873. The zero-order valence-electron chi connectivity index (χ0n) is 39.9. The summed E-state index contributed by atoms with van der Waals surface area (Å²) in [4.78, 5) is 48.6. The number of nitrogens with one attached hydrogen (secondary N) is 2. The first-order chi connectivity index (χ1) is 33.1. The summed E-state index contributed by atoms with van der Waals surface area (Å²) >= 11 is 14.2. The molecule has 0 radical (unpaired) electrons. The zero-order valence-corrected chi connectivity index (χ0v) is 42.3. The number of β-amino-alcohol motifs (C(OH)–C–C–N with tert-alkyl or cyclic N) is 1. The fourth-order valence-electron chi connectivity index (χ4n) is 8.52. The summed E-state index contributed by atoms with van der Waals surface area (Å²) in [5, 5.41) is 31.4. The van der Waals surface area contributed by atoms with Crippen LogP contribution in [0, 0.1) is 33.6 Å². The molecule has 0 unspecified atom stereocenters. The van der Waals surface area contributed by atoms with Crippen molar-refractivity contribution in [3.05, 3.63) is 109 Å². The first-order valence-corrected chi connectivity index (χ1v) is 24.7. The molecule has 0 bridgehead atoms. The van der Waals surface area contributed by atoms with Crippen LogP contribution in [-0.4, -0.2) is 125 Å². The van der Waals surface area contributed by atoms with Crippen molar-refractivity contribution in [2.24, 2.45) is 10.9 Å². The van der Waals surface area contributed by atoms with Crippen molar-refractivity contribution < 1.29 is 43.0 Å². The summed E-state index contributed by atoms with van der Waals surface area (Å²) in [6.45, 7) is 16.0. The van der Waals surface area contributed by atoms with Crippen molar-refractivity contribution in [3.8, 4) is 10.8 Å². The summed E-state index contributed by atoms with van der Waals surface area (Å²) in [7, 11) is 0. The molecular formula is C49H60Cl2N8O9S. The van der Waals surface area contributed by atoms with E-state index < -0.39 is 36.1 Å². The number of nitrogens with zero attached hydrogens (tertiary/aromatic N) is 6. The van der Waals surface area contributed by atoms with E-state index in [-0.39, 0.29) is 50.3 Å². The lowest BCUT2D eigenvalue weighted by molar-refractivity contribution is -0.141. The van der Waals surface area contributed by atoms with Gasteiger partial charge >= 0.3 is 0 Å². The molecule has 2 aromatic carbocycles. The number of halogens is 2. The maximum atomic E-state index is 13.8. The predicted molar refractivity (Wildman–Crippen MR) is 262 cm³/mol. The second-order valence-electron chi connectivity index (χ2n) is 17.5. The predicted octanol–water partition coefficient (Wildman–Crippen LogP) is 6.96. The van der Waals surface area contributed by atoms with Gasteiger partial charge in [-0.25, -0.2) is 0 Å². The van der Waals surface area contributed by atoms with E-state index in [4.69, 9.17) is 51.7 Å². The molecule has 5 atom stereocenters. The van der Waals surface area contributed by atoms with Crippen molar-refractivity contribution in [2.45, 2.75) is 91.5 Å². The molecule has 7 rings (SSSR count). The molecule has 2 aliphatic heterocycles. The molecule has 3 aromatic heterocycles. The van der Waals surface area contributed by atoms with E-state index in [1.807, 2.05) is 56.5 Å².